The summed E-state index contributed by atoms with van der Waals surface area (Å²) < 4.78 is 0. The Labute approximate surface area is 106 Å². The summed E-state index contributed by atoms with van der Waals surface area (Å²) in [5.74, 6) is 0.677. The van der Waals surface area contributed by atoms with Crippen molar-refractivity contribution in [3.63, 3.8) is 0 Å². The lowest BCUT2D eigenvalue weighted by Gasteiger charge is -2.17. The first-order chi connectivity index (χ1) is 8.70. The Hall–Kier alpha value is -2.30. The Bertz CT molecular complexity index is 521. The number of carbonyl (C=O) groups is 1. The van der Waals surface area contributed by atoms with E-state index in [1.54, 1.807) is 13.1 Å². The van der Waals surface area contributed by atoms with Crippen LogP contribution in [0.1, 0.15) is 10.5 Å². The molecule has 2 N–H and O–H groups in total. The van der Waals surface area contributed by atoms with E-state index >= 15 is 0 Å². The van der Waals surface area contributed by atoms with Crippen LogP contribution in [0, 0.1) is 0 Å². The summed E-state index contributed by atoms with van der Waals surface area (Å²) in [7, 11) is 3.66. The minimum absolute atomic E-state index is 0.00959. The number of Topliss-reactive ketones (excluding diaryl/α,β-unsaturated/α-hetero) is 1. The molecule has 0 aliphatic carbocycles. The number of anilines is 2. The Morgan fingerprint density at radius 2 is 2.11 bits per heavy atom. The van der Waals surface area contributed by atoms with Crippen LogP contribution >= 0.6 is 0 Å². The SMILES string of the molecule is CNc1cc(C(=O)CN(C)c2ccccc2)[nH]n1. The number of benzene rings is 1. The lowest BCUT2D eigenvalue weighted by Crippen LogP contribution is -2.25. The van der Waals surface area contributed by atoms with Crippen molar-refractivity contribution in [3.05, 3.63) is 42.1 Å². The molecule has 0 radical (unpaired) electrons. The van der Waals surface area contributed by atoms with Crippen LogP contribution in [0.2, 0.25) is 0 Å². The molecule has 0 saturated carbocycles. The van der Waals surface area contributed by atoms with Crippen LogP contribution in [0.4, 0.5) is 11.5 Å². The molecule has 2 rings (SSSR count). The second kappa shape index (κ2) is 5.35. The van der Waals surface area contributed by atoms with Gasteiger partial charge in [0, 0.05) is 25.8 Å². The Balaban J connectivity index is 2.03. The third kappa shape index (κ3) is 2.68. The van der Waals surface area contributed by atoms with Crippen molar-refractivity contribution in [1.29, 1.82) is 0 Å². The molecule has 0 atom stereocenters. The molecule has 0 amide bonds. The van der Waals surface area contributed by atoms with E-state index in [1.165, 1.54) is 0 Å². The molecule has 1 aromatic carbocycles. The van der Waals surface area contributed by atoms with E-state index < -0.39 is 0 Å². The maximum absolute atomic E-state index is 12.0. The molecule has 0 fully saturated rings. The average molecular weight is 244 g/mol. The number of aromatic amines is 1. The molecular weight excluding hydrogens is 228 g/mol. The van der Waals surface area contributed by atoms with E-state index in [2.05, 4.69) is 15.5 Å². The monoisotopic (exact) mass is 244 g/mol. The van der Waals surface area contributed by atoms with Gasteiger partial charge in [-0.2, -0.15) is 5.10 Å². The number of hydrogen-bond donors (Lipinski definition) is 2. The smallest absolute Gasteiger partial charge is 0.199 e. The molecule has 18 heavy (non-hydrogen) atoms. The topological polar surface area (TPSA) is 61.0 Å². The van der Waals surface area contributed by atoms with Gasteiger partial charge in [0.2, 0.25) is 0 Å². The lowest BCUT2D eigenvalue weighted by molar-refractivity contribution is 0.0995. The summed E-state index contributed by atoms with van der Waals surface area (Å²) in [5, 5.41) is 9.56. The largest absolute Gasteiger partial charge is 0.372 e. The van der Waals surface area contributed by atoms with Gasteiger partial charge in [0.1, 0.15) is 11.5 Å². The van der Waals surface area contributed by atoms with Gasteiger partial charge in [-0.25, -0.2) is 0 Å². The highest BCUT2D eigenvalue weighted by Crippen LogP contribution is 2.12. The number of rotatable bonds is 5. The van der Waals surface area contributed by atoms with Crippen LogP contribution in [-0.2, 0) is 0 Å². The normalized spacial score (nSPS) is 10.1. The number of carbonyl (C=O) groups excluding carboxylic acids is 1. The number of nitrogens with one attached hydrogen (secondary N) is 2. The first-order valence-corrected chi connectivity index (χ1v) is 5.73. The average Bonchev–Trinajstić information content (AvgIpc) is 2.88. The minimum atomic E-state index is 0.00959. The molecule has 5 heteroatoms. The number of ketones is 1. The molecule has 0 bridgehead atoms. The third-order valence-corrected chi connectivity index (χ3v) is 2.71. The van der Waals surface area contributed by atoms with E-state index in [0.717, 1.165) is 5.69 Å². The van der Waals surface area contributed by atoms with E-state index in [-0.39, 0.29) is 5.78 Å². The Morgan fingerprint density at radius 3 is 2.72 bits per heavy atom. The molecule has 1 aromatic heterocycles. The van der Waals surface area contributed by atoms with Crippen LogP contribution in [0.3, 0.4) is 0 Å². The van der Waals surface area contributed by atoms with E-state index in [4.69, 9.17) is 0 Å². The van der Waals surface area contributed by atoms with Crippen molar-refractivity contribution in [2.45, 2.75) is 0 Å². The van der Waals surface area contributed by atoms with E-state index in [1.807, 2.05) is 42.3 Å². The molecule has 0 unspecified atom stereocenters. The Morgan fingerprint density at radius 1 is 1.39 bits per heavy atom. The zero-order chi connectivity index (χ0) is 13.0. The summed E-state index contributed by atoms with van der Waals surface area (Å²) >= 11 is 0. The zero-order valence-corrected chi connectivity index (χ0v) is 10.5. The van der Waals surface area contributed by atoms with Crippen molar-refractivity contribution in [2.75, 3.05) is 30.9 Å². The van der Waals surface area contributed by atoms with Crippen molar-refractivity contribution in [1.82, 2.24) is 10.2 Å². The van der Waals surface area contributed by atoms with Gasteiger partial charge in [-0.3, -0.25) is 9.89 Å². The maximum Gasteiger partial charge on any atom is 0.199 e. The van der Waals surface area contributed by atoms with Crippen LogP contribution in [0.15, 0.2) is 36.4 Å². The molecule has 5 nitrogen and oxygen atoms in total. The highest BCUT2D eigenvalue weighted by molar-refractivity contribution is 5.98. The molecule has 0 saturated heterocycles. The number of nitrogens with zero attached hydrogens (tertiary/aromatic N) is 2. The molecule has 0 aliphatic rings. The summed E-state index contributed by atoms with van der Waals surface area (Å²) in [6.07, 6.45) is 0. The number of hydrogen-bond acceptors (Lipinski definition) is 4. The molecule has 0 spiro atoms. The fraction of sp³-hybridized carbons (Fsp3) is 0.231. The lowest BCUT2D eigenvalue weighted by atomic mass is 10.2. The highest BCUT2D eigenvalue weighted by Gasteiger charge is 2.12. The summed E-state index contributed by atoms with van der Waals surface area (Å²) in [4.78, 5) is 13.9. The molecule has 2 aromatic rings. The molecule has 1 heterocycles. The highest BCUT2D eigenvalue weighted by atomic mass is 16.1. The fourth-order valence-electron chi connectivity index (χ4n) is 1.67. The van der Waals surface area contributed by atoms with E-state index in [0.29, 0.717) is 18.1 Å². The molecular formula is C13H16N4O. The number of likely N-dealkylation sites (N-methyl/N-ethyl adjacent to an activating group) is 1. The molecule has 94 valence electrons. The maximum atomic E-state index is 12.0. The summed E-state index contributed by atoms with van der Waals surface area (Å²) in [6, 6.07) is 11.5. The molecule has 0 aliphatic heterocycles. The summed E-state index contributed by atoms with van der Waals surface area (Å²) in [5.41, 5.74) is 1.53. The predicted molar refractivity (Wildman–Crippen MR) is 72.2 cm³/mol. The number of aromatic nitrogens is 2. The van der Waals surface area contributed by atoms with E-state index in [9.17, 15) is 4.79 Å². The van der Waals surface area contributed by atoms with Crippen LogP contribution < -0.4 is 10.2 Å². The van der Waals surface area contributed by atoms with Gasteiger partial charge in [-0.05, 0) is 12.1 Å². The standard InChI is InChI=1S/C13H16N4O/c1-14-13-8-11(15-16-13)12(18)9-17(2)10-6-4-3-5-7-10/h3-8H,9H2,1-2H3,(H2,14,15,16). The predicted octanol–water partition coefficient (Wildman–Crippen LogP) is 1.77. The second-order valence-corrected chi connectivity index (χ2v) is 4.03. The number of H-pyrrole nitrogens is 1. The fourth-order valence-corrected chi connectivity index (χ4v) is 1.67. The zero-order valence-electron chi connectivity index (χ0n) is 10.5. The first-order valence-electron chi connectivity index (χ1n) is 5.73. The van der Waals surface area contributed by atoms with Gasteiger partial charge in [0.05, 0.1) is 6.54 Å². The van der Waals surface area contributed by atoms with Crippen molar-refractivity contribution in [3.8, 4) is 0 Å². The first kappa shape index (κ1) is 12.2. The van der Waals surface area contributed by atoms with Crippen LogP contribution in [-0.4, -0.2) is 36.6 Å². The second-order valence-electron chi connectivity index (χ2n) is 4.03. The van der Waals surface area contributed by atoms with Gasteiger partial charge < -0.3 is 10.2 Å². The quantitative estimate of drug-likeness (QED) is 0.787. The van der Waals surface area contributed by atoms with Gasteiger partial charge in [-0.1, -0.05) is 18.2 Å². The van der Waals surface area contributed by atoms with Crippen LogP contribution in [0.5, 0.6) is 0 Å². The van der Waals surface area contributed by atoms with Gasteiger partial charge in [0.15, 0.2) is 5.78 Å². The van der Waals surface area contributed by atoms with Crippen LogP contribution in [0.25, 0.3) is 0 Å². The van der Waals surface area contributed by atoms with Gasteiger partial charge in [-0.15, -0.1) is 0 Å². The Kier molecular flexibility index (Phi) is 3.62. The third-order valence-electron chi connectivity index (χ3n) is 2.71. The number of para-hydroxylation sites is 1. The van der Waals surface area contributed by atoms with Crippen molar-refractivity contribution in [2.24, 2.45) is 0 Å². The summed E-state index contributed by atoms with van der Waals surface area (Å²) in [6.45, 7) is 0.315. The van der Waals surface area contributed by atoms with Crippen molar-refractivity contribution >= 4 is 17.3 Å². The minimum Gasteiger partial charge on any atom is -0.372 e. The van der Waals surface area contributed by atoms with Crippen molar-refractivity contribution < 1.29 is 4.79 Å². The van der Waals surface area contributed by atoms with Gasteiger partial charge >= 0.3 is 0 Å². The van der Waals surface area contributed by atoms with Gasteiger partial charge in [0.25, 0.3) is 0 Å².